The van der Waals surface area contributed by atoms with Crippen molar-refractivity contribution < 1.29 is 13.2 Å². The van der Waals surface area contributed by atoms with E-state index in [0.29, 0.717) is 10.1 Å². The summed E-state index contributed by atoms with van der Waals surface area (Å²) in [5.74, 6) is -0.420. The molecule has 0 spiro atoms. The van der Waals surface area contributed by atoms with E-state index in [2.05, 4.69) is 0 Å². The molecule has 0 nitrogen and oxygen atoms in total. The molecule has 0 saturated carbocycles. The van der Waals surface area contributed by atoms with E-state index >= 15 is 0 Å². The van der Waals surface area contributed by atoms with Crippen molar-refractivity contribution in [3.63, 3.8) is 0 Å². The standard InChI is InChI=1S/C10H7F3S/c1-5-2-6-4-8(10(12)13)14-9(6)7(11)3-5/h2-4,10H,1H3. The largest absolute Gasteiger partial charge is 0.272 e. The summed E-state index contributed by atoms with van der Waals surface area (Å²) in [6.45, 7) is 1.74. The van der Waals surface area contributed by atoms with Crippen LogP contribution in [0.25, 0.3) is 10.1 Å². The van der Waals surface area contributed by atoms with Gasteiger partial charge in [-0.1, -0.05) is 6.07 Å². The Morgan fingerprint density at radius 1 is 1.21 bits per heavy atom. The van der Waals surface area contributed by atoms with Gasteiger partial charge >= 0.3 is 0 Å². The Morgan fingerprint density at radius 2 is 1.93 bits per heavy atom. The fourth-order valence-electron chi connectivity index (χ4n) is 1.38. The molecule has 0 saturated heterocycles. The predicted octanol–water partition coefficient (Wildman–Crippen LogP) is 4.29. The smallest absolute Gasteiger partial charge is 0.205 e. The average molecular weight is 216 g/mol. The number of halogens is 3. The lowest BCUT2D eigenvalue weighted by Gasteiger charge is -1.94. The van der Waals surface area contributed by atoms with Gasteiger partial charge < -0.3 is 0 Å². The second-order valence-corrected chi connectivity index (χ2v) is 4.20. The highest BCUT2D eigenvalue weighted by Gasteiger charge is 2.13. The first-order chi connectivity index (χ1) is 6.58. The highest BCUT2D eigenvalue weighted by Crippen LogP contribution is 2.34. The molecule has 14 heavy (non-hydrogen) atoms. The second-order valence-electron chi connectivity index (χ2n) is 3.11. The molecule has 4 heteroatoms. The summed E-state index contributed by atoms with van der Waals surface area (Å²) in [5, 5.41) is 0.558. The summed E-state index contributed by atoms with van der Waals surface area (Å²) in [6.07, 6.45) is -2.52. The van der Waals surface area contributed by atoms with E-state index in [-0.39, 0.29) is 4.88 Å². The zero-order chi connectivity index (χ0) is 10.3. The van der Waals surface area contributed by atoms with Crippen LogP contribution in [-0.2, 0) is 0 Å². The Morgan fingerprint density at radius 3 is 2.57 bits per heavy atom. The minimum Gasteiger partial charge on any atom is -0.205 e. The predicted molar refractivity (Wildman–Crippen MR) is 51.5 cm³/mol. The second kappa shape index (κ2) is 3.28. The lowest BCUT2D eigenvalue weighted by atomic mass is 10.2. The van der Waals surface area contributed by atoms with Gasteiger partial charge in [0.2, 0.25) is 0 Å². The first kappa shape index (κ1) is 9.52. The van der Waals surface area contributed by atoms with Gasteiger partial charge in [-0.05, 0) is 30.0 Å². The van der Waals surface area contributed by atoms with Gasteiger partial charge in [0.25, 0.3) is 6.43 Å². The van der Waals surface area contributed by atoms with Crippen molar-refractivity contribution in [1.82, 2.24) is 0 Å². The van der Waals surface area contributed by atoms with Crippen LogP contribution in [0.1, 0.15) is 16.9 Å². The van der Waals surface area contributed by atoms with E-state index in [1.54, 1.807) is 13.0 Å². The molecule has 0 bridgehead atoms. The minimum atomic E-state index is -2.52. The van der Waals surface area contributed by atoms with Crippen molar-refractivity contribution in [3.05, 3.63) is 34.5 Å². The Kier molecular flexibility index (Phi) is 2.23. The van der Waals surface area contributed by atoms with Gasteiger partial charge in [-0.2, -0.15) is 0 Å². The number of rotatable bonds is 1. The van der Waals surface area contributed by atoms with Crippen LogP contribution in [0, 0.1) is 12.7 Å². The van der Waals surface area contributed by atoms with Crippen molar-refractivity contribution in [3.8, 4) is 0 Å². The highest BCUT2D eigenvalue weighted by molar-refractivity contribution is 7.19. The van der Waals surface area contributed by atoms with Crippen molar-refractivity contribution in [2.24, 2.45) is 0 Å². The van der Waals surface area contributed by atoms with Crippen LogP contribution >= 0.6 is 11.3 Å². The molecule has 0 amide bonds. The topological polar surface area (TPSA) is 0 Å². The van der Waals surface area contributed by atoms with Gasteiger partial charge in [0, 0.05) is 0 Å². The first-order valence-corrected chi connectivity index (χ1v) is 4.87. The summed E-state index contributed by atoms with van der Waals surface area (Å²) in [5.41, 5.74) is 0.744. The Labute approximate surface area is 83.0 Å². The fourth-order valence-corrected chi connectivity index (χ4v) is 2.28. The SMILES string of the molecule is Cc1cc(F)c2sc(C(F)F)cc2c1. The van der Waals surface area contributed by atoms with Gasteiger partial charge in [-0.25, -0.2) is 13.2 Å². The van der Waals surface area contributed by atoms with Gasteiger partial charge in [0.05, 0.1) is 9.58 Å². The van der Waals surface area contributed by atoms with Crippen LogP contribution in [0.3, 0.4) is 0 Å². The fraction of sp³-hybridized carbons (Fsp3) is 0.200. The maximum Gasteiger partial charge on any atom is 0.272 e. The molecular formula is C10H7F3S. The lowest BCUT2D eigenvalue weighted by Crippen LogP contribution is -1.76. The zero-order valence-electron chi connectivity index (χ0n) is 7.35. The third-order valence-electron chi connectivity index (χ3n) is 1.95. The van der Waals surface area contributed by atoms with Crippen LogP contribution in [0.5, 0.6) is 0 Å². The maximum absolute atomic E-state index is 13.3. The van der Waals surface area contributed by atoms with Crippen molar-refractivity contribution in [2.75, 3.05) is 0 Å². The molecule has 0 aliphatic heterocycles. The van der Waals surface area contributed by atoms with Crippen LogP contribution in [0.4, 0.5) is 13.2 Å². The molecule has 1 aromatic heterocycles. The molecule has 74 valence electrons. The quantitative estimate of drug-likeness (QED) is 0.667. The van der Waals surface area contributed by atoms with E-state index < -0.39 is 12.2 Å². The molecule has 0 atom stereocenters. The van der Waals surface area contributed by atoms with E-state index in [9.17, 15) is 13.2 Å². The Hall–Kier alpha value is -1.03. The monoisotopic (exact) mass is 216 g/mol. The van der Waals surface area contributed by atoms with E-state index in [4.69, 9.17) is 0 Å². The third kappa shape index (κ3) is 1.50. The van der Waals surface area contributed by atoms with Crippen LogP contribution in [0.2, 0.25) is 0 Å². The summed E-state index contributed by atoms with van der Waals surface area (Å²) in [4.78, 5) is -0.0792. The van der Waals surface area contributed by atoms with E-state index in [1.807, 2.05) is 0 Å². The molecule has 2 aromatic rings. The van der Waals surface area contributed by atoms with Crippen LogP contribution in [-0.4, -0.2) is 0 Å². The zero-order valence-corrected chi connectivity index (χ0v) is 8.17. The molecule has 0 radical (unpaired) electrons. The maximum atomic E-state index is 13.3. The number of aryl methyl sites for hydroxylation is 1. The number of benzene rings is 1. The number of hydrogen-bond acceptors (Lipinski definition) is 1. The van der Waals surface area contributed by atoms with Crippen LogP contribution in [0.15, 0.2) is 18.2 Å². The lowest BCUT2D eigenvalue weighted by molar-refractivity contribution is 0.156. The van der Waals surface area contributed by atoms with Crippen molar-refractivity contribution >= 4 is 21.4 Å². The van der Waals surface area contributed by atoms with Gasteiger partial charge in [-0.3, -0.25) is 0 Å². The number of hydrogen-bond donors (Lipinski definition) is 0. The van der Waals surface area contributed by atoms with Crippen molar-refractivity contribution in [2.45, 2.75) is 13.3 Å². The summed E-state index contributed by atoms with van der Waals surface area (Å²) in [7, 11) is 0. The van der Waals surface area contributed by atoms with Gasteiger partial charge in [0.15, 0.2) is 0 Å². The summed E-state index contributed by atoms with van der Waals surface area (Å²) >= 11 is 0.816. The molecule has 1 aromatic carbocycles. The Bertz CT molecular complexity index is 473. The normalized spacial score (nSPS) is 11.5. The molecule has 0 aliphatic carbocycles. The highest BCUT2D eigenvalue weighted by atomic mass is 32.1. The number of thiophene rings is 1. The molecular weight excluding hydrogens is 209 g/mol. The van der Waals surface area contributed by atoms with E-state index in [1.165, 1.54) is 12.1 Å². The summed E-state index contributed by atoms with van der Waals surface area (Å²) < 4.78 is 38.3. The van der Waals surface area contributed by atoms with E-state index in [0.717, 1.165) is 16.9 Å². The molecule has 0 aliphatic rings. The summed E-state index contributed by atoms with van der Waals surface area (Å²) in [6, 6.07) is 4.41. The van der Waals surface area contributed by atoms with Gasteiger partial charge in [-0.15, -0.1) is 11.3 Å². The number of alkyl halides is 2. The van der Waals surface area contributed by atoms with Crippen LogP contribution < -0.4 is 0 Å². The molecule has 0 fully saturated rings. The third-order valence-corrected chi connectivity index (χ3v) is 3.12. The first-order valence-electron chi connectivity index (χ1n) is 4.05. The molecule has 0 N–H and O–H groups in total. The minimum absolute atomic E-state index is 0.0792. The Balaban J connectivity index is 2.70. The average Bonchev–Trinajstić information content (AvgIpc) is 2.47. The molecule has 2 rings (SSSR count). The van der Waals surface area contributed by atoms with Crippen molar-refractivity contribution in [1.29, 1.82) is 0 Å². The molecule has 0 unspecified atom stereocenters. The number of fused-ring (bicyclic) bond motifs is 1. The van der Waals surface area contributed by atoms with Gasteiger partial charge in [0.1, 0.15) is 5.82 Å². The molecule has 1 heterocycles.